The van der Waals surface area contributed by atoms with E-state index in [1.807, 2.05) is 43.3 Å². The van der Waals surface area contributed by atoms with Gasteiger partial charge in [-0.25, -0.2) is 0 Å². The molecule has 0 amide bonds. The van der Waals surface area contributed by atoms with Crippen LogP contribution in [0, 0.1) is 18.3 Å². The van der Waals surface area contributed by atoms with Gasteiger partial charge in [-0.3, -0.25) is 9.69 Å². The number of carbonyl (C=O) groups is 1. The highest BCUT2D eigenvalue weighted by Gasteiger charge is 2.36. The molecule has 0 radical (unpaired) electrons. The minimum absolute atomic E-state index is 0.00809. The molecule has 5 rings (SSSR count). The summed E-state index contributed by atoms with van der Waals surface area (Å²) in [6.45, 7) is 2.59. The van der Waals surface area contributed by atoms with Gasteiger partial charge in [0.1, 0.15) is 19.3 Å². The lowest BCUT2D eigenvalue weighted by atomic mass is 9.97. The van der Waals surface area contributed by atoms with E-state index in [2.05, 4.69) is 39.2 Å². The van der Waals surface area contributed by atoms with Crippen LogP contribution in [0.4, 0.5) is 0 Å². The van der Waals surface area contributed by atoms with Crippen molar-refractivity contribution < 1.29 is 24.5 Å². The summed E-state index contributed by atoms with van der Waals surface area (Å²) in [5.74, 6) is -0.763. The van der Waals surface area contributed by atoms with Crippen LogP contribution < -0.4 is 9.47 Å². The van der Waals surface area contributed by atoms with Crippen molar-refractivity contribution in [2.75, 3.05) is 6.54 Å². The molecule has 10 heteroatoms. The maximum absolute atomic E-state index is 11.7. The van der Waals surface area contributed by atoms with Gasteiger partial charge in [0, 0.05) is 13.0 Å². The van der Waals surface area contributed by atoms with Gasteiger partial charge in [0.05, 0.1) is 24.3 Å². The smallest absolute Gasteiger partial charge is 0.323 e. The van der Waals surface area contributed by atoms with Gasteiger partial charge in [-0.15, -0.1) is 4.98 Å². The van der Waals surface area contributed by atoms with Gasteiger partial charge in [-0.05, 0) is 46.9 Å². The van der Waals surface area contributed by atoms with E-state index in [1.54, 1.807) is 23.1 Å². The molecule has 4 aromatic rings. The average Bonchev–Trinajstić information content (AvgIpc) is 3.36. The van der Waals surface area contributed by atoms with Crippen LogP contribution in [0.25, 0.3) is 11.1 Å². The van der Waals surface area contributed by atoms with Crippen molar-refractivity contribution in [2.24, 2.45) is 0 Å². The van der Waals surface area contributed by atoms with Gasteiger partial charge in [0.25, 0.3) is 0 Å². The molecule has 208 valence electrons. The van der Waals surface area contributed by atoms with Crippen molar-refractivity contribution >= 4 is 5.97 Å². The first-order valence-electron chi connectivity index (χ1n) is 13.2. The molecule has 41 heavy (non-hydrogen) atoms. The number of likely N-dealkylation sites (tertiary alicyclic amines) is 1. The van der Waals surface area contributed by atoms with Crippen molar-refractivity contribution in [3.05, 3.63) is 101 Å². The first-order valence-corrected chi connectivity index (χ1v) is 13.2. The number of nitriles is 1. The molecule has 1 aliphatic heterocycles. The van der Waals surface area contributed by atoms with Crippen molar-refractivity contribution in [3.8, 4) is 29.2 Å². The predicted molar refractivity (Wildman–Crippen MR) is 149 cm³/mol. The van der Waals surface area contributed by atoms with Crippen molar-refractivity contribution in [3.63, 3.8) is 0 Å². The second kappa shape index (κ2) is 12.6. The highest BCUT2D eigenvalue weighted by Crippen LogP contribution is 2.27. The second-order valence-corrected chi connectivity index (χ2v) is 9.84. The van der Waals surface area contributed by atoms with Crippen molar-refractivity contribution in [1.82, 2.24) is 19.9 Å². The fourth-order valence-electron chi connectivity index (χ4n) is 4.86. The number of hydrogen-bond acceptors (Lipinski definition) is 9. The van der Waals surface area contributed by atoms with Crippen LogP contribution in [-0.4, -0.2) is 54.7 Å². The van der Waals surface area contributed by atoms with Crippen LogP contribution >= 0.6 is 0 Å². The van der Waals surface area contributed by atoms with E-state index in [1.165, 1.54) is 0 Å². The lowest BCUT2D eigenvalue weighted by molar-refractivity contribution is -0.142. The van der Waals surface area contributed by atoms with Gasteiger partial charge < -0.3 is 19.7 Å². The molecule has 3 aromatic carbocycles. The minimum Gasteiger partial charge on any atom is -0.480 e. The average molecular weight is 552 g/mol. The quantitative estimate of drug-likeness (QED) is 0.298. The Morgan fingerprint density at radius 3 is 2.46 bits per heavy atom. The zero-order valence-corrected chi connectivity index (χ0v) is 22.5. The molecule has 0 saturated carbocycles. The van der Waals surface area contributed by atoms with Gasteiger partial charge in [0.15, 0.2) is 5.82 Å². The van der Waals surface area contributed by atoms with E-state index >= 15 is 0 Å². The molecule has 10 nitrogen and oxygen atoms in total. The Labute approximate surface area is 237 Å². The summed E-state index contributed by atoms with van der Waals surface area (Å²) in [6.07, 6.45) is -0.629. The van der Waals surface area contributed by atoms with E-state index in [4.69, 9.17) is 9.47 Å². The molecule has 1 aliphatic rings. The fraction of sp³-hybridized carbons (Fsp3) is 0.258. The number of carboxylic acid groups (broad SMARTS) is 1. The molecule has 1 fully saturated rings. The minimum atomic E-state index is -1.02. The summed E-state index contributed by atoms with van der Waals surface area (Å²) in [5, 5.41) is 28.9. The topological polar surface area (TPSA) is 142 Å². The molecule has 0 unspecified atom stereocenters. The Morgan fingerprint density at radius 2 is 1.73 bits per heavy atom. The van der Waals surface area contributed by atoms with Gasteiger partial charge in [0.2, 0.25) is 0 Å². The maximum atomic E-state index is 11.7. The lowest BCUT2D eigenvalue weighted by Crippen LogP contribution is -2.36. The zero-order chi connectivity index (χ0) is 28.8. The van der Waals surface area contributed by atoms with E-state index < -0.39 is 18.1 Å². The van der Waals surface area contributed by atoms with Crippen LogP contribution in [0.15, 0.2) is 72.8 Å². The summed E-state index contributed by atoms with van der Waals surface area (Å²) < 4.78 is 11.9. The Hall–Kier alpha value is -4.85. The molecule has 0 aliphatic carbocycles. The number of rotatable bonds is 10. The summed E-state index contributed by atoms with van der Waals surface area (Å²) in [5.41, 5.74) is 5.49. The van der Waals surface area contributed by atoms with E-state index in [9.17, 15) is 20.3 Å². The summed E-state index contributed by atoms with van der Waals surface area (Å²) in [4.78, 5) is 26.5. The first-order chi connectivity index (χ1) is 19.9. The summed E-state index contributed by atoms with van der Waals surface area (Å²) >= 11 is 0. The number of aliphatic hydroxyl groups is 1. The number of hydrogen-bond donors (Lipinski definition) is 2. The number of aliphatic hydroxyl groups excluding tert-OH is 1. The molecular weight excluding hydrogens is 522 g/mol. The highest BCUT2D eigenvalue weighted by molar-refractivity contribution is 5.74. The van der Waals surface area contributed by atoms with E-state index in [-0.39, 0.29) is 50.6 Å². The molecule has 1 saturated heterocycles. The molecule has 2 heterocycles. The van der Waals surface area contributed by atoms with Crippen molar-refractivity contribution in [1.29, 1.82) is 5.26 Å². The number of benzene rings is 3. The largest absolute Gasteiger partial charge is 0.480 e. The predicted octanol–water partition coefficient (Wildman–Crippen LogP) is 3.90. The number of aromatic nitrogens is 3. The third-order valence-corrected chi connectivity index (χ3v) is 6.96. The second-order valence-electron chi connectivity index (χ2n) is 9.84. The first kappa shape index (κ1) is 27.7. The molecular formula is C31H29N5O5. The van der Waals surface area contributed by atoms with E-state index in [0.717, 1.165) is 27.8 Å². The number of nitrogens with zero attached hydrogens (tertiary/aromatic N) is 5. The van der Waals surface area contributed by atoms with Crippen LogP contribution in [0.2, 0.25) is 0 Å². The normalized spacial score (nSPS) is 16.7. The van der Waals surface area contributed by atoms with E-state index in [0.29, 0.717) is 5.56 Å². The third-order valence-electron chi connectivity index (χ3n) is 6.96. The van der Waals surface area contributed by atoms with Crippen molar-refractivity contribution in [2.45, 2.75) is 45.2 Å². The lowest BCUT2D eigenvalue weighted by Gasteiger charge is -2.20. The number of aliphatic carboxylic acids is 1. The van der Waals surface area contributed by atoms with Crippen LogP contribution in [0.5, 0.6) is 12.0 Å². The molecule has 1 aromatic heterocycles. The van der Waals surface area contributed by atoms with Gasteiger partial charge >= 0.3 is 18.0 Å². The fourth-order valence-corrected chi connectivity index (χ4v) is 4.86. The standard InChI is InChI=1S/C31H29N5O5/c1-20-24(11-6-12-26(20)23-9-3-2-4-10-23)19-41-31-34-28(17-36-16-25(37)14-27(36)29(38)39)33-30(35-31)40-18-22-8-5-7-21(13-22)15-32/h2-13,25,27,37H,14,16-19H2,1H3,(H,38,39)/t25-,27-/m0/s1. The Bertz CT molecular complexity index is 1570. The third kappa shape index (κ3) is 6.84. The molecule has 2 atom stereocenters. The number of ether oxygens (including phenoxy) is 2. The Balaban J connectivity index is 1.38. The Kier molecular flexibility index (Phi) is 8.48. The highest BCUT2D eigenvalue weighted by atomic mass is 16.5. The zero-order valence-electron chi connectivity index (χ0n) is 22.5. The number of carboxylic acids is 1. The Morgan fingerprint density at radius 1 is 1.00 bits per heavy atom. The summed E-state index contributed by atoms with van der Waals surface area (Å²) in [7, 11) is 0. The molecule has 0 bridgehead atoms. The maximum Gasteiger partial charge on any atom is 0.323 e. The SMILES string of the molecule is Cc1c(COc2nc(CN3C[C@@H](O)C[C@H]3C(=O)O)nc(OCc3cccc(C#N)c3)n2)cccc1-c1ccccc1. The summed E-state index contributed by atoms with van der Waals surface area (Å²) in [6, 6.07) is 24.4. The monoisotopic (exact) mass is 551 g/mol. The van der Waals surface area contributed by atoms with Crippen LogP contribution in [0.3, 0.4) is 0 Å². The van der Waals surface area contributed by atoms with Crippen LogP contribution in [0.1, 0.15) is 34.5 Å². The molecule has 0 spiro atoms. The number of β-amino-alcohol motifs (C(OH)–C–C–N with tert-alkyl or cyclic N) is 1. The molecule has 2 N–H and O–H groups in total. The van der Waals surface area contributed by atoms with Crippen LogP contribution in [-0.2, 0) is 24.6 Å². The van der Waals surface area contributed by atoms with Gasteiger partial charge in [-0.2, -0.15) is 15.2 Å². The van der Waals surface area contributed by atoms with Gasteiger partial charge in [-0.1, -0.05) is 60.7 Å².